The van der Waals surface area contributed by atoms with Crippen LogP contribution in [0, 0.1) is 0 Å². The molecule has 7 aromatic carbocycles. The van der Waals surface area contributed by atoms with Gasteiger partial charge in [0.15, 0.2) is 0 Å². The van der Waals surface area contributed by atoms with E-state index in [4.69, 9.17) is 4.98 Å². The van der Waals surface area contributed by atoms with Gasteiger partial charge in [-0.2, -0.15) is 0 Å². The maximum absolute atomic E-state index is 5.15. The van der Waals surface area contributed by atoms with Crippen LogP contribution in [-0.4, -0.2) is 4.98 Å². The summed E-state index contributed by atoms with van der Waals surface area (Å²) in [5, 5.41) is 5.00. The van der Waals surface area contributed by atoms with Crippen LogP contribution < -0.4 is 4.90 Å². The molecule has 0 radical (unpaired) electrons. The highest BCUT2D eigenvalue weighted by Crippen LogP contribution is 2.44. The highest BCUT2D eigenvalue weighted by molar-refractivity contribution is 6.21. The molecule has 0 saturated carbocycles. The Morgan fingerprint density at radius 1 is 0.367 bits per heavy atom. The Balaban J connectivity index is 1.26. The summed E-state index contributed by atoms with van der Waals surface area (Å²) in [6.07, 6.45) is 0. The molecule has 0 saturated heterocycles. The van der Waals surface area contributed by atoms with Crippen LogP contribution in [0.2, 0.25) is 0 Å². The number of anilines is 3. The van der Waals surface area contributed by atoms with Crippen LogP contribution in [0.4, 0.5) is 17.2 Å². The van der Waals surface area contributed by atoms with Crippen LogP contribution in [0.3, 0.4) is 0 Å². The maximum Gasteiger partial charge on any atom is 0.137 e. The number of aromatic nitrogens is 1. The highest BCUT2D eigenvalue weighted by Gasteiger charge is 2.21. The van der Waals surface area contributed by atoms with E-state index >= 15 is 0 Å². The molecule has 0 amide bonds. The molecule has 0 fully saturated rings. The third kappa shape index (κ3) is 5.76. The molecule has 0 aliphatic heterocycles. The first-order valence-corrected chi connectivity index (χ1v) is 17.0. The minimum atomic E-state index is -0.0551. The van der Waals surface area contributed by atoms with Crippen molar-refractivity contribution in [3.63, 3.8) is 0 Å². The SMILES string of the molecule is CC(C)(C)c1cccc(N(c2ccccc2)c2ccc(-c3c4ccccc4c(-c4ccc(-c5ccccc5)cc4)c4ccccc34)cc2)n1. The summed E-state index contributed by atoms with van der Waals surface area (Å²) in [6.45, 7) is 6.63. The molecule has 0 aliphatic carbocycles. The molecule has 2 nitrogen and oxygen atoms in total. The number of benzene rings is 7. The normalized spacial score (nSPS) is 11.6. The first-order valence-electron chi connectivity index (χ1n) is 17.0. The molecule has 0 unspecified atom stereocenters. The van der Waals surface area contributed by atoms with Gasteiger partial charge in [0.1, 0.15) is 5.82 Å². The van der Waals surface area contributed by atoms with Gasteiger partial charge in [-0.15, -0.1) is 0 Å². The van der Waals surface area contributed by atoms with E-state index in [1.807, 2.05) is 0 Å². The van der Waals surface area contributed by atoms with Crippen molar-refractivity contribution in [1.82, 2.24) is 4.98 Å². The third-order valence-electron chi connectivity index (χ3n) is 9.37. The molecule has 49 heavy (non-hydrogen) atoms. The molecule has 1 aromatic heterocycles. The van der Waals surface area contributed by atoms with Gasteiger partial charge in [-0.1, -0.05) is 160 Å². The number of para-hydroxylation sites is 1. The zero-order chi connectivity index (χ0) is 33.4. The Kier molecular flexibility index (Phi) is 7.78. The van der Waals surface area contributed by atoms with Gasteiger partial charge >= 0.3 is 0 Å². The Hall–Kier alpha value is -5.99. The summed E-state index contributed by atoms with van der Waals surface area (Å²) >= 11 is 0. The summed E-state index contributed by atoms with van der Waals surface area (Å²) in [5.74, 6) is 0.907. The molecule has 8 aromatic rings. The fourth-order valence-corrected chi connectivity index (χ4v) is 6.94. The van der Waals surface area contributed by atoms with Crippen LogP contribution in [-0.2, 0) is 5.41 Å². The molecular weight excluding hydrogens is 593 g/mol. The standard InChI is InChI=1S/C47H38N2/c1-47(2,3)43-23-14-24-44(48-43)49(37-17-8-5-9-18-37)38-31-29-36(30-32-38)46-41-21-12-10-19-39(41)45(40-20-11-13-22-42(40)46)35-27-25-34(26-28-35)33-15-6-4-7-16-33/h4-32H,1-3H3. The van der Waals surface area contributed by atoms with Crippen molar-refractivity contribution >= 4 is 38.7 Å². The fourth-order valence-electron chi connectivity index (χ4n) is 6.94. The topological polar surface area (TPSA) is 16.1 Å². The molecular formula is C47H38N2. The predicted molar refractivity (Wildman–Crippen MR) is 209 cm³/mol. The third-order valence-corrected chi connectivity index (χ3v) is 9.37. The van der Waals surface area contributed by atoms with Gasteiger partial charge in [0, 0.05) is 22.5 Å². The first kappa shape index (κ1) is 30.4. The van der Waals surface area contributed by atoms with E-state index < -0.39 is 0 Å². The quantitative estimate of drug-likeness (QED) is 0.170. The van der Waals surface area contributed by atoms with E-state index in [0.29, 0.717) is 0 Å². The van der Waals surface area contributed by atoms with Crippen molar-refractivity contribution in [2.24, 2.45) is 0 Å². The molecule has 0 spiro atoms. The van der Waals surface area contributed by atoms with E-state index in [1.165, 1.54) is 54.9 Å². The van der Waals surface area contributed by atoms with E-state index in [1.54, 1.807) is 0 Å². The average molecular weight is 631 g/mol. The average Bonchev–Trinajstić information content (AvgIpc) is 3.15. The van der Waals surface area contributed by atoms with Crippen LogP contribution in [0.25, 0.3) is 54.9 Å². The second-order valence-electron chi connectivity index (χ2n) is 13.6. The van der Waals surface area contributed by atoms with Gasteiger partial charge in [-0.25, -0.2) is 4.98 Å². The van der Waals surface area contributed by atoms with E-state index in [9.17, 15) is 0 Å². The molecule has 0 atom stereocenters. The number of hydrogen-bond acceptors (Lipinski definition) is 2. The van der Waals surface area contributed by atoms with Gasteiger partial charge < -0.3 is 0 Å². The number of fused-ring (bicyclic) bond motifs is 2. The van der Waals surface area contributed by atoms with Crippen molar-refractivity contribution in [1.29, 1.82) is 0 Å². The largest absolute Gasteiger partial charge is 0.295 e. The molecule has 0 aliphatic rings. The Labute approximate surface area is 289 Å². The molecule has 0 N–H and O–H groups in total. The lowest BCUT2D eigenvalue weighted by Crippen LogP contribution is -2.17. The minimum absolute atomic E-state index is 0.0551. The van der Waals surface area contributed by atoms with Crippen molar-refractivity contribution in [3.8, 4) is 33.4 Å². The van der Waals surface area contributed by atoms with Gasteiger partial charge in [0.25, 0.3) is 0 Å². The Morgan fingerprint density at radius 3 is 1.29 bits per heavy atom. The second kappa shape index (κ2) is 12.6. The number of nitrogens with zero attached hydrogens (tertiary/aromatic N) is 2. The molecule has 0 bridgehead atoms. The maximum atomic E-state index is 5.15. The lowest BCUT2D eigenvalue weighted by atomic mass is 9.85. The zero-order valence-electron chi connectivity index (χ0n) is 28.1. The number of rotatable bonds is 6. The van der Waals surface area contributed by atoms with Gasteiger partial charge in [-0.05, 0) is 91.3 Å². The van der Waals surface area contributed by atoms with E-state index in [-0.39, 0.29) is 5.41 Å². The molecule has 236 valence electrons. The van der Waals surface area contributed by atoms with Gasteiger partial charge in [0.2, 0.25) is 0 Å². The van der Waals surface area contributed by atoms with Crippen LogP contribution in [0.15, 0.2) is 176 Å². The Morgan fingerprint density at radius 2 is 0.776 bits per heavy atom. The van der Waals surface area contributed by atoms with Crippen LogP contribution in [0.5, 0.6) is 0 Å². The number of hydrogen-bond donors (Lipinski definition) is 0. The lowest BCUT2D eigenvalue weighted by Gasteiger charge is -2.27. The molecule has 1 heterocycles. The van der Waals surface area contributed by atoms with E-state index in [2.05, 4.69) is 202 Å². The second-order valence-corrected chi connectivity index (χ2v) is 13.6. The first-order chi connectivity index (χ1) is 24.0. The van der Waals surface area contributed by atoms with Crippen molar-refractivity contribution < 1.29 is 0 Å². The monoisotopic (exact) mass is 630 g/mol. The van der Waals surface area contributed by atoms with Crippen molar-refractivity contribution in [2.45, 2.75) is 26.2 Å². The smallest absolute Gasteiger partial charge is 0.137 e. The van der Waals surface area contributed by atoms with Gasteiger partial charge in [0.05, 0.1) is 0 Å². The van der Waals surface area contributed by atoms with Crippen molar-refractivity contribution in [2.75, 3.05) is 4.90 Å². The van der Waals surface area contributed by atoms with Crippen LogP contribution in [0.1, 0.15) is 26.5 Å². The molecule has 8 rings (SSSR count). The summed E-state index contributed by atoms with van der Waals surface area (Å²) in [4.78, 5) is 7.39. The lowest BCUT2D eigenvalue weighted by molar-refractivity contribution is 0.569. The minimum Gasteiger partial charge on any atom is -0.295 e. The summed E-state index contributed by atoms with van der Waals surface area (Å²) in [7, 11) is 0. The fraction of sp³-hybridized carbons (Fsp3) is 0.0851. The summed E-state index contributed by atoms with van der Waals surface area (Å²) in [5.41, 5.74) is 10.5. The highest BCUT2D eigenvalue weighted by atomic mass is 15.2. The molecule has 2 heteroatoms. The Bertz CT molecular complexity index is 2330. The predicted octanol–water partition coefficient (Wildman–Crippen LogP) is 13.2. The van der Waals surface area contributed by atoms with E-state index in [0.717, 1.165) is 22.9 Å². The summed E-state index contributed by atoms with van der Waals surface area (Å²) < 4.78 is 0. The van der Waals surface area contributed by atoms with Crippen LogP contribution >= 0.6 is 0 Å². The zero-order valence-corrected chi connectivity index (χ0v) is 28.1. The number of pyridine rings is 1. The van der Waals surface area contributed by atoms with Gasteiger partial charge in [-0.3, -0.25) is 4.90 Å². The van der Waals surface area contributed by atoms with Crippen molar-refractivity contribution in [3.05, 3.63) is 182 Å². The summed E-state index contributed by atoms with van der Waals surface area (Å²) in [6, 6.07) is 63.1.